The van der Waals surface area contributed by atoms with E-state index < -0.39 is 5.54 Å². The second kappa shape index (κ2) is 6.24. The molecule has 0 saturated carbocycles. The van der Waals surface area contributed by atoms with Crippen LogP contribution in [0.3, 0.4) is 0 Å². The van der Waals surface area contributed by atoms with E-state index >= 15 is 0 Å². The van der Waals surface area contributed by atoms with Gasteiger partial charge in [0.1, 0.15) is 0 Å². The molecule has 2 rings (SSSR count). The maximum absolute atomic E-state index is 6.02. The van der Waals surface area contributed by atoms with Gasteiger partial charge in [-0.2, -0.15) is 0 Å². The molecule has 0 spiro atoms. The molecule has 0 bridgehead atoms. The van der Waals surface area contributed by atoms with Crippen LogP contribution in [0.1, 0.15) is 24.5 Å². The van der Waals surface area contributed by atoms with Crippen molar-refractivity contribution in [2.45, 2.75) is 25.8 Å². The minimum absolute atomic E-state index is 0.391. The normalized spacial score (nSPS) is 11.4. The number of aromatic nitrogens is 1. The first-order chi connectivity index (χ1) is 9.50. The van der Waals surface area contributed by atoms with Gasteiger partial charge in [-0.05, 0) is 26.0 Å². The van der Waals surface area contributed by atoms with Gasteiger partial charge in [0.15, 0.2) is 11.5 Å². The predicted molar refractivity (Wildman–Crippen MR) is 81.5 cm³/mol. The van der Waals surface area contributed by atoms with E-state index in [1.807, 2.05) is 43.5 Å². The van der Waals surface area contributed by atoms with Crippen LogP contribution >= 0.6 is 11.3 Å². The van der Waals surface area contributed by atoms with E-state index in [1.54, 1.807) is 18.4 Å². The van der Waals surface area contributed by atoms with E-state index in [0.717, 1.165) is 28.6 Å². The Bertz CT molecular complexity index is 561. The van der Waals surface area contributed by atoms with E-state index in [1.165, 1.54) is 0 Å². The molecule has 0 unspecified atom stereocenters. The fourth-order valence-corrected chi connectivity index (χ4v) is 2.66. The highest BCUT2D eigenvalue weighted by atomic mass is 32.1. The number of benzene rings is 1. The summed E-state index contributed by atoms with van der Waals surface area (Å²) in [6.07, 6.45) is 0.763. The largest absolute Gasteiger partial charge is 0.493 e. The molecular weight excluding hydrogens is 272 g/mol. The third-order valence-electron chi connectivity index (χ3n) is 2.85. The van der Waals surface area contributed by atoms with Crippen LogP contribution < -0.4 is 15.2 Å². The molecule has 0 radical (unpaired) electrons. The summed E-state index contributed by atoms with van der Waals surface area (Å²) in [7, 11) is 1.64. The summed E-state index contributed by atoms with van der Waals surface area (Å²) in [5.74, 6) is 1.50. The summed E-state index contributed by atoms with van der Waals surface area (Å²) in [6, 6.07) is 7.63. The first kappa shape index (κ1) is 14.8. The Morgan fingerprint density at radius 1 is 1.25 bits per heavy atom. The Morgan fingerprint density at radius 3 is 2.55 bits per heavy atom. The molecule has 20 heavy (non-hydrogen) atoms. The number of para-hydroxylation sites is 2. The molecule has 0 amide bonds. The van der Waals surface area contributed by atoms with E-state index in [2.05, 4.69) is 4.98 Å². The highest BCUT2D eigenvalue weighted by molar-refractivity contribution is 7.09. The smallest absolute Gasteiger partial charge is 0.161 e. The Balaban J connectivity index is 1.91. The van der Waals surface area contributed by atoms with Gasteiger partial charge in [0.05, 0.1) is 30.0 Å². The second-order valence-electron chi connectivity index (χ2n) is 5.10. The number of nitrogens with two attached hydrogens (primary N) is 1. The fraction of sp³-hybridized carbons (Fsp3) is 0.400. The average molecular weight is 292 g/mol. The van der Waals surface area contributed by atoms with E-state index in [0.29, 0.717) is 6.61 Å². The van der Waals surface area contributed by atoms with Crippen LogP contribution in [0.4, 0.5) is 0 Å². The van der Waals surface area contributed by atoms with Crippen molar-refractivity contribution in [3.63, 3.8) is 0 Å². The van der Waals surface area contributed by atoms with Crippen LogP contribution in [-0.4, -0.2) is 18.7 Å². The van der Waals surface area contributed by atoms with Gasteiger partial charge in [0, 0.05) is 11.8 Å². The van der Waals surface area contributed by atoms with Gasteiger partial charge >= 0.3 is 0 Å². The Kier molecular flexibility index (Phi) is 4.62. The minimum Gasteiger partial charge on any atom is -0.493 e. The van der Waals surface area contributed by atoms with Gasteiger partial charge in [-0.1, -0.05) is 12.1 Å². The monoisotopic (exact) mass is 292 g/mol. The molecule has 0 aliphatic rings. The topological polar surface area (TPSA) is 57.4 Å². The molecule has 0 aliphatic heterocycles. The summed E-state index contributed by atoms with van der Waals surface area (Å²) in [5.41, 5.74) is 6.56. The van der Waals surface area contributed by atoms with Crippen molar-refractivity contribution in [3.8, 4) is 11.5 Å². The summed E-state index contributed by atoms with van der Waals surface area (Å²) >= 11 is 1.62. The SMILES string of the molecule is COc1ccccc1OCCc1nc(C(C)(C)N)cs1. The van der Waals surface area contributed by atoms with Crippen molar-refractivity contribution >= 4 is 11.3 Å². The zero-order chi connectivity index (χ0) is 14.6. The van der Waals surface area contributed by atoms with E-state index in [9.17, 15) is 0 Å². The molecule has 0 saturated heterocycles. The van der Waals surface area contributed by atoms with Gasteiger partial charge < -0.3 is 15.2 Å². The van der Waals surface area contributed by atoms with Crippen LogP contribution in [0.5, 0.6) is 11.5 Å². The summed E-state index contributed by atoms with van der Waals surface area (Å²) in [5, 5.41) is 3.05. The maximum atomic E-state index is 6.02. The van der Waals surface area contributed by atoms with Crippen LogP contribution in [0.25, 0.3) is 0 Å². The standard InChI is InChI=1S/C15H20N2O2S/c1-15(2,16)13-10-20-14(17-13)8-9-19-12-7-5-4-6-11(12)18-3/h4-7,10H,8-9,16H2,1-3H3. The quantitative estimate of drug-likeness (QED) is 0.889. The molecule has 1 aromatic heterocycles. The molecule has 108 valence electrons. The summed E-state index contributed by atoms with van der Waals surface area (Å²) in [4.78, 5) is 4.54. The molecule has 2 N–H and O–H groups in total. The highest BCUT2D eigenvalue weighted by Gasteiger charge is 2.17. The van der Waals surface area contributed by atoms with Crippen LogP contribution in [-0.2, 0) is 12.0 Å². The number of nitrogens with zero attached hydrogens (tertiary/aromatic N) is 1. The molecule has 4 nitrogen and oxygen atoms in total. The van der Waals surface area contributed by atoms with Crippen LogP contribution in [0.15, 0.2) is 29.6 Å². The molecule has 0 atom stereocenters. The summed E-state index contributed by atoms with van der Waals surface area (Å²) < 4.78 is 11.0. The Labute approximate surface area is 123 Å². The zero-order valence-electron chi connectivity index (χ0n) is 12.1. The Hall–Kier alpha value is -1.59. The van der Waals surface area contributed by atoms with Crippen LogP contribution in [0.2, 0.25) is 0 Å². The van der Waals surface area contributed by atoms with Crippen molar-refractivity contribution in [2.75, 3.05) is 13.7 Å². The van der Waals surface area contributed by atoms with Crippen LogP contribution in [0, 0.1) is 0 Å². The third-order valence-corrected chi connectivity index (χ3v) is 3.76. The lowest BCUT2D eigenvalue weighted by molar-refractivity contribution is 0.297. The maximum Gasteiger partial charge on any atom is 0.161 e. The molecular formula is C15H20N2O2S. The van der Waals surface area contributed by atoms with Crippen molar-refractivity contribution in [3.05, 3.63) is 40.3 Å². The summed E-state index contributed by atoms with van der Waals surface area (Å²) in [6.45, 7) is 4.48. The number of methoxy groups -OCH3 is 1. The lowest BCUT2D eigenvalue weighted by Gasteiger charge is -2.14. The first-order valence-electron chi connectivity index (χ1n) is 6.50. The average Bonchev–Trinajstić information content (AvgIpc) is 2.88. The zero-order valence-corrected chi connectivity index (χ0v) is 12.9. The van der Waals surface area contributed by atoms with Gasteiger partial charge in [-0.3, -0.25) is 0 Å². The molecule has 0 aliphatic carbocycles. The number of hydrogen-bond donors (Lipinski definition) is 1. The lowest BCUT2D eigenvalue weighted by atomic mass is 10.0. The van der Waals surface area contributed by atoms with Crippen molar-refractivity contribution < 1.29 is 9.47 Å². The lowest BCUT2D eigenvalue weighted by Crippen LogP contribution is -2.29. The second-order valence-corrected chi connectivity index (χ2v) is 6.04. The number of hydrogen-bond acceptors (Lipinski definition) is 5. The Morgan fingerprint density at radius 2 is 1.95 bits per heavy atom. The van der Waals surface area contributed by atoms with E-state index in [-0.39, 0.29) is 0 Å². The molecule has 1 aromatic carbocycles. The van der Waals surface area contributed by atoms with Crippen molar-refractivity contribution in [2.24, 2.45) is 5.73 Å². The highest BCUT2D eigenvalue weighted by Crippen LogP contribution is 2.26. The number of rotatable bonds is 6. The molecule has 5 heteroatoms. The molecule has 0 fully saturated rings. The van der Waals surface area contributed by atoms with Gasteiger partial charge in [0.2, 0.25) is 0 Å². The van der Waals surface area contributed by atoms with E-state index in [4.69, 9.17) is 15.2 Å². The number of ether oxygens (including phenoxy) is 2. The first-order valence-corrected chi connectivity index (χ1v) is 7.38. The number of thiazole rings is 1. The molecule has 2 aromatic rings. The molecule has 1 heterocycles. The van der Waals surface area contributed by atoms with Gasteiger partial charge in [-0.25, -0.2) is 4.98 Å². The van der Waals surface area contributed by atoms with Crippen molar-refractivity contribution in [1.82, 2.24) is 4.98 Å². The van der Waals surface area contributed by atoms with Gasteiger partial charge in [0.25, 0.3) is 0 Å². The predicted octanol–water partition coefficient (Wildman–Crippen LogP) is 2.97. The van der Waals surface area contributed by atoms with Gasteiger partial charge in [-0.15, -0.1) is 11.3 Å². The minimum atomic E-state index is -0.391. The van der Waals surface area contributed by atoms with Crippen molar-refractivity contribution in [1.29, 1.82) is 0 Å². The fourth-order valence-electron chi connectivity index (χ4n) is 1.71. The third kappa shape index (κ3) is 3.71.